The van der Waals surface area contributed by atoms with Crippen LogP contribution in [0.3, 0.4) is 0 Å². The van der Waals surface area contributed by atoms with E-state index in [2.05, 4.69) is 27.7 Å². The first-order valence-electron chi connectivity index (χ1n) is 14.9. The Hall–Kier alpha value is -0.370. The third kappa shape index (κ3) is 24.3. The molecule has 0 atom stereocenters. The fourth-order valence-electron chi connectivity index (χ4n) is 4.87. The molecule has 0 amide bonds. The number of carbonyl (C=O) groups is 1. The van der Waals surface area contributed by atoms with Crippen molar-refractivity contribution in [3.05, 3.63) is 0 Å². The molecular weight excluding hydrogens is 390 g/mol. The van der Waals surface area contributed by atoms with Gasteiger partial charge in [-0.15, -0.1) is 0 Å². The molecule has 0 aromatic carbocycles. The van der Waals surface area contributed by atoms with E-state index in [4.69, 9.17) is 4.79 Å². The van der Waals surface area contributed by atoms with E-state index in [1.54, 1.807) is 0 Å². The normalized spacial score (nSPS) is 11.3. The van der Waals surface area contributed by atoms with Gasteiger partial charge in [-0.05, 0) is 58.3 Å². The summed E-state index contributed by atoms with van der Waals surface area (Å²) in [6.45, 7) is 16.7. The van der Waals surface area contributed by atoms with Gasteiger partial charge in [0, 0.05) is 0 Å². The van der Waals surface area contributed by atoms with Crippen LogP contribution in [-0.2, 0) is 4.79 Å². The van der Waals surface area contributed by atoms with Crippen molar-refractivity contribution < 1.29 is 9.28 Å². The first-order chi connectivity index (χ1) is 15.7. The van der Waals surface area contributed by atoms with Crippen LogP contribution in [0.4, 0.5) is 0 Å². The lowest BCUT2D eigenvalue weighted by Gasteiger charge is -2.39. The SMILES string of the molecule is CC=O.CCCCCCC[N+](CCCCCCC)(CCCCCCC)CCCCCCC. The van der Waals surface area contributed by atoms with E-state index in [0.29, 0.717) is 0 Å². The van der Waals surface area contributed by atoms with E-state index in [1.165, 1.54) is 166 Å². The van der Waals surface area contributed by atoms with Gasteiger partial charge in [0.2, 0.25) is 0 Å². The number of hydrogen-bond donors (Lipinski definition) is 0. The van der Waals surface area contributed by atoms with Crippen LogP contribution in [0, 0.1) is 0 Å². The Morgan fingerprint density at radius 2 is 0.594 bits per heavy atom. The Morgan fingerprint density at radius 1 is 0.406 bits per heavy atom. The second-order valence-corrected chi connectivity index (χ2v) is 10.1. The van der Waals surface area contributed by atoms with E-state index in [0.717, 1.165) is 6.29 Å². The Bertz CT molecular complexity index is 280. The topological polar surface area (TPSA) is 17.1 Å². The molecule has 0 fully saturated rings. The van der Waals surface area contributed by atoms with Crippen molar-refractivity contribution in [3.8, 4) is 0 Å². The zero-order chi connectivity index (χ0) is 24.2. The minimum absolute atomic E-state index is 0.750. The predicted octanol–water partition coefficient (Wildman–Crippen LogP) is 9.89. The summed E-state index contributed by atoms with van der Waals surface area (Å²) in [5, 5.41) is 0. The fourth-order valence-corrected chi connectivity index (χ4v) is 4.87. The molecule has 0 spiro atoms. The maximum atomic E-state index is 8.81. The number of unbranched alkanes of at least 4 members (excludes halogenated alkanes) is 16. The van der Waals surface area contributed by atoms with E-state index < -0.39 is 0 Å². The number of nitrogens with zero attached hydrogens (tertiary/aromatic N) is 1. The first kappa shape index (κ1) is 33.8. The van der Waals surface area contributed by atoms with Gasteiger partial charge in [0.05, 0.1) is 26.2 Å². The van der Waals surface area contributed by atoms with Crippen LogP contribution in [0.25, 0.3) is 0 Å². The summed E-state index contributed by atoms with van der Waals surface area (Å²) in [5.41, 5.74) is 0. The Balaban J connectivity index is 0. The van der Waals surface area contributed by atoms with Gasteiger partial charge in [-0.3, -0.25) is 0 Å². The van der Waals surface area contributed by atoms with E-state index in [1.807, 2.05) is 0 Å². The van der Waals surface area contributed by atoms with E-state index in [-0.39, 0.29) is 0 Å². The Kier molecular flexibility index (Phi) is 30.3. The van der Waals surface area contributed by atoms with Gasteiger partial charge in [0.15, 0.2) is 0 Å². The highest BCUT2D eigenvalue weighted by molar-refractivity contribution is 5.44. The summed E-state index contributed by atoms with van der Waals surface area (Å²) in [4.78, 5) is 8.81. The van der Waals surface area contributed by atoms with Crippen LogP contribution in [-0.4, -0.2) is 36.9 Å². The summed E-state index contributed by atoms with van der Waals surface area (Å²) in [6, 6.07) is 0. The molecule has 0 saturated heterocycles. The molecule has 0 radical (unpaired) electrons. The van der Waals surface area contributed by atoms with Gasteiger partial charge in [-0.1, -0.05) is 105 Å². The van der Waals surface area contributed by atoms with Gasteiger partial charge in [-0.2, -0.15) is 0 Å². The van der Waals surface area contributed by atoms with Crippen molar-refractivity contribution in [1.29, 1.82) is 0 Å². The highest BCUT2D eigenvalue weighted by Crippen LogP contribution is 2.20. The second kappa shape index (κ2) is 28.7. The molecule has 0 aliphatic rings. The number of rotatable bonds is 24. The maximum absolute atomic E-state index is 8.81. The second-order valence-electron chi connectivity index (χ2n) is 10.1. The maximum Gasteiger partial charge on any atom is 0.116 e. The standard InChI is InChI=1S/C28H60N.C2H4O/c1-5-9-13-17-21-25-29(26-22-18-14-10-6-2,27-23-19-15-11-7-3)28-24-20-16-12-8-4;1-2-3/h5-28H2,1-4H3;2H,1H3/q+1;. The van der Waals surface area contributed by atoms with Crippen molar-refractivity contribution in [2.75, 3.05) is 26.2 Å². The average molecular weight is 455 g/mol. The van der Waals surface area contributed by atoms with Crippen molar-refractivity contribution in [2.24, 2.45) is 0 Å². The van der Waals surface area contributed by atoms with Crippen LogP contribution in [0.2, 0.25) is 0 Å². The molecule has 0 aliphatic heterocycles. The largest absolute Gasteiger partial charge is 0.324 e. The average Bonchev–Trinajstić information content (AvgIpc) is 2.79. The van der Waals surface area contributed by atoms with Crippen LogP contribution in [0.15, 0.2) is 0 Å². The summed E-state index contributed by atoms with van der Waals surface area (Å²) in [5.74, 6) is 0. The smallest absolute Gasteiger partial charge is 0.116 e. The Labute approximate surface area is 204 Å². The minimum atomic E-state index is 0.750. The van der Waals surface area contributed by atoms with Crippen LogP contribution in [0.1, 0.15) is 163 Å². The number of quaternary nitrogens is 1. The number of carbonyl (C=O) groups excluding carboxylic acids is 1. The molecule has 0 unspecified atom stereocenters. The van der Waals surface area contributed by atoms with Gasteiger partial charge in [-0.25, -0.2) is 0 Å². The monoisotopic (exact) mass is 454 g/mol. The highest BCUT2D eigenvalue weighted by Gasteiger charge is 2.25. The summed E-state index contributed by atoms with van der Waals surface area (Å²) >= 11 is 0. The van der Waals surface area contributed by atoms with Crippen molar-refractivity contribution in [3.63, 3.8) is 0 Å². The highest BCUT2D eigenvalue weighted by atomic mass is 16.1. The molecule has 194 valence electrons. The number of hydrogen-bond acceptors (Lipinski definition) is 1. The lowest BCUT2D eigenvalue weighted by atomic mass is 10.1. The predicted molar refractivity (Wildman–Crippen MR) is 147 cm³/mol. The van der Waals surface area contributed by atoms with Gasteiger partial charge >= 0.3 is 0 Å². The molecule has 0 aliphatic carbocycles. The molecule has 0 N–H and O–H groups in total. The molecule has 0 bridgehead atoms. The minimum Gasteiger partial charge on any atom is -0.324 e. The molecule has 0 aromatic rings. The van der Waals surface area contributed by atoms with Gasteiger partial charge in [0.25, 0.3) is 0 Å². The zero-order valence-corrected chi connectivity index (χ0v) is 23.4. The molecule has 0 aromatic heterocycles. The first-order valence-corrected chi connectivity index (χ1v) is 14.9. The van der Waals surface area contributed by atoms with Crippen molar-refractivity contribution in [1.82, 2.24) is 0 Å². The lowest BCUT2D eigenvalue weighted by Crippen LogP contribution is -2.50. The van der Waals surface area contributed by atoms with E-state index >= 15 is 0 Å². The molecule has 0 rings (SSSR count). The Morgan fingerprint density at radius 3 is 0.781 bits per heavy atom. The molecule has 2 nitrogen and oxygen atoms in total. The van der Waals surface area contributed by atoms with Crippen LogP contribution in [0.5, 0.6) is 0 Å². The zero-order valence-electron chi connectivity index (χ0n) is 23.4. The van der Waals surface area contributed by atoms with E-state index in [9.17, 15) is 0 Å². The molecular formula is C30H64NO+. The summed E-state index contributed by atoms with van der Waals surface area (Å²) in [7, 11) is 0. The fraction of sp³-hybridized carbons (Fsp3) is 0.967. The number of aldehydes is 1. The molecule has 2 heteroatoms. The van der Waals surface area contributed by atoms with Gasteiger partial charge < -0.3 is 9.28 Å². The van der Waals surface area contributed by atoms with Crippen LogP contribution < -0.4 is 0 Å². The van der Waals surface area contributed by atoms with Crippen molar-refractivity contribution in [2.45, 2.75) is 163 Å². The lowest BCUT2D eigenvalue weighted by molar-refractivity contribution is -0.929. The summed E-state index contributed by atoms with van der Waals surface area (Å²) < 4.78 is 1.47. The van der Waals surface area contributed by atoms with Gasteiger partial charge in [0.1, 0.15) is 6.29 Å². The molecule has 32 heavy (non-hydrogen) atoms. The quantitative estimate of drug-likeness (QED) is 0.0805. The van der Waals surface area contributed by atoms with Crippen LogP contribution >= 0.6 is 0 Å². The molecule has 0 heterocycles. The third-order valence-electron chi connectivity index (χ3n) is 6.94. The molecule has 0 saturated carbocycles. The van der Waals surface area contributed by atoms with Crippen molar-refractivity contribution >= 4 is 6.29 Å². The third-order valence-corrected chi connectivity index (χ3v) is 6.94. The summed E-state index contributed by atoms with van der Waals surface area (Å²) in [6.07, 6.45) is 29.5.